The lowest BCUT2D eigenvalue weighted by Gasteiger charge is -2.29. The van der Waals surface area contributed by atoms with Gasteiger partial charge in [0.1, 0.15) is 0 Å². The number of thiol groups is 1. The van der Waals surface area contributed by atoms with Crippen LogP contribution in [0.4, 0.5) is 34.1 Å². The lowest BCUT2D eigenvalue weighted by molar-refractivity contribution is 0.590. The van der Waals surface area contributed by atoms with Gasteiger partial charge in [0.2, 0.25) is 0 Å². The average Bonchev–Trinajstić information content (AvgIpc) is 3.89. The number of rotatable bonds is 8. The van der Waals surface area contributed by atoms with Crippen molar-refractivity contribution in [2.24, 2.45) is 0 Å². The number of aryl methyl sites for hydroxylation is 2. The van der Waals surface area contributed by atoms with Crippen LogP contribution in [0.1, 0.15) is 56.9 Å². The van der Waals surface area contributed by atoms with Crippen LogP contribution in [-0.4, -0.2) is 4.57 Å². The Morgan fingerprint density at radius 3 is 1.34 bits per heavy atom. The zero-order chi connectivity index (χ0) is 48.1. The fourth-order valence-electron chi connectivity index (χ4n) is 10.7. The number of hydrogen-bond donors (Lipinski definition) is 1. The van der Waals surface area contributed by atoms with E-state index in [2.05, 4.69) is 263 Å². The first-order chi connectivity index (χ1) is 33.8. The molecule has 70 heavy (non-hydrogen) atoms. The van der Waals surface area contributed by atoms with Gasteiger partial charge in [-0.15, -0.1) is 11.3 Å². The van der Waals surface area contributed by atoms with E-state index in [1.54, 1.807) is 0 Å². The summed E-state index contributed by atoms with van der Waals surface area (Å²) in [5.74, 6) is 0. The molecule has 0 amide bonds. The molecular formula is C65H55N3S2. The summed E-state index contributed by atoms with van der Waals surface area (Å²) in [5.41, 5.74) is 15.0. The highest BCUT2D eigenvalue weighted by molar-refractivity contribution is 7.81. The minimum absolute atomic E-state index is 0.0253. The molecule has 3 nitrogen and oxygen atoms in total. The summed E-state index contributed by atoms with van der Waals surface area (Å²) in [4.78, 5) is 4.92. The first-order valence-electron chi connectivity index (χ1n) is 24.3. The number of thiophene rings is 1. The van der Waals surface area contributed by atoms with E-state index in [1.807, 2.05) is 11.3 Å². The molecule has 0 unspecified atom stereocenters. The van der Waals surface area contributed by atoms with E-state index in [0.717, 1.165) is 50.8 Å². The van der Waals surface area contributed by atoms with E-state index in [4.69, 9.17) is 12.6 Å². The molecule has 0 atom stereocenters. The molecule has 5 heteroatoms. The van der Waals surface area contributed by atoms with Gasteiger partial charge < -0.3 is 14.4 Å². The van der Waals surface area contributed by atoms with Crippen molar-refractivity contribution in [3.05, 3.63) is 222 Å². The van der Waals surface area contributed by atoms with E-state index < -0.39 is 0 Å². The predicted octanol–water partition coefficient (Wildman–Crippen LogP) is 19.5. The molecular weight excluding hydrogens is 887 g/mol. The van der Waals surface area contributed by atoms with Gasteiger partial charge in [0.05, 0.1) is 22.4 Å². The first kappa shape index (κ1) is 43.9. The van der Waals surface area contributed by atoms with Gasteiger partial charge in [-0.25, -0.2) is 0 Å². The van der Waals surface area contributed by atoms with Crippen LogP contribution < -0.4 is 9.80 Å². The van der Waals surface area contributed by atoms with E-state index in [9.17, 15) is 0 Å². The molecule has 342 valence electrons. The zero-order valence-corrected chi connectivity index (χ0v) is 42.5. The van der Waals surface area contributed by atoms with Gasteiger partial charge in [0.15, 0.2) is 0 Å². The summed E-state index contributed by atoms with van der Waals surface area (Å²) in [6, 6.07) is 74.9. The van der Waals surface area contributed by atoms with E-state index in [-0.39, 0.29) is 10.2 Å². The zero-order valence-electron chi connectivity index (χ0n) is 40.7. The lowest BCUT2D eigenvalue weighted by atomic mass is 9.87. The van der Waals surface area contributed by atoms with Crippen LogP contribution in [0, 0.1) is 13.8 Å². The third kappa shape index (κ3) is 7.42. The normalized spacial score (nSPS) is 12.3. The van der Waals surface area contributed by atoms with Crippen molar-refractivity contribution in [3.63, 3.8) is 0 Å². The third-order valence-corrected chi connectivity index (χ3v) is 15.6. The van der Waals surface area contributed by atoms with Gasteiger partial charge in [0.25, 0.3) is 0 Å². The van der Waals surface area contributed by atoms with Crippen LogP contribution in [-0.2, 0) is 10.2 Å². The topological polar surface area (TPSA) is 11.4 Å². The summed E-state index contributed by atoms with van der Waals surface area (Å²) in [6.07, 6.45) is 0. The Labute approximate surface area is 420 Å². The molecule has 0 radical (unpaired) electrons. The maximum absolute atomic E-state index is 4.97. The highest BCUT2D eigenvalue weighted by Crippen LogP contribution is 2.51. The maximum Gasteiger partial charge on any atom is 0.0568 e. The van der Waals surface area contributed by atoms with Crippen LogP contribution in [0.3, 0.4) is 0 Å². The molecule has 2 aromatic heterocycles. The van der Waals surface area contributed by atoms with Crippen LogP contribution in [0.25, 0.3) is 69.2 Å². The van der Waals surface area contributed by atoms with E-state index in [1.165, 1.54) is 74.7 Å². The van der Waals surface area contributed by atoms with Gasteiger partial charge in [-0.3, -0.25) is 0 Å². The van der Waals surface area contributed by atoms with Crippen LogP contribution >= 0.6 is 24.0 Å². The molecule has 0 spiro atoms. The number of anilines is 6. The number of nitrogens with zero attached hydrogens (tertiary/aromatic N) is 3. The van der Waals surface area contributed by atoms with Crippen molar-refractivity contribution in [2.45, 2.75) is 58.6 Å². The van der Waals surface area contributed by atoms with Gasteiger partial charge in [-0.1, -0.05) is 136 Å². The fourth-order valence-corrected chi connectivity index (χ4v) is 11.9. The number of aromatic nitrogens is 1. The SMILES string of the molecule is Cc1cccc(N(c2ccc(C(C)(C)C)cc2)c2cc3c(c4ccccc24)c2c4ccccc4c(N(c4ccc(C(C)(C)S)cc4)c4cccc(C)c4)cc2n3-c2ccc3sc4ccccc4c3c2)c1. The third-order valence-electron chi connectivity index (χ3n) is 14.2. The molecule has 0 saturated carbocycles. The molecule has 0 N–H and O–H groups in total. The maximum atomic E-state index is 4.97. The van der Waals surface area contributed by atoms with E-state index in [0.29, 0.717) is 0 Å². The summed E-state index contributed by atoms with van der Waals surface area (Å²) in [5, 5.41) is 9.82. The Balaban J connectivity index is 1.24. The van der Waals surface area contributed by atoms with Crippen molar-refractivity contribution in [3.8, 4) is 5.69 Å². The fraction of sp³-hybridized carbons (Fsp3) is 0.138. The van der Waals surface area contributed by atoms with Gasteiger partial charge >= 0.3 is 0 Å². The minimum atomic E-state index is -0.277. The smallest absolute Gasteiger partial charge is 0.0568 e. The highest BCUT2D eigenvalue weighted by atomic mass is 32.1. The Bertz CT molecular complexity index is 3790. The van der Waals surface area contributed by atoms with E-state index >= 15 is 0 Å². The Morgan fingerprint density at radius 2 is 0.857 bits per heavy atom. The summed E-state index contributed by atoms with van der Waals surface area (Å²) >= 11 is 6.83. The first-order valence-corrected chi connectivity index (χ1v) is 25.6. The van der Waals surface area contributed by atoms with Crippen LogP contribution in [0.2, 0.25) is 0 Å². The molecule has 10 aromatic carbocycles. The summed E-state index contributed by atoms with van der Waals surface area (Å²) < 4.78 is 4.86. The molecule has 12 rings (SSSR count). The highest BCUT2D eigenvalue weighted by Gasteiger charge is 2.27. The second-order valence-electron chi connectivity index (χ2n) is 20.5. The quantitative estimate of drug-likeness (QED) is 0.152. The number of hydrogen-bond acceptors (Lipinski definition) is 4. The second kappa shape index (κ2) is 16.7. The molecule has 0 aliphatic rings. The van der Waals surface area contributed by atoms with Gasteiger partial charge in [0, 0.05) is 74.9 Å². The van der Waals surface area contributed by atoms with Crippen molar-refractivity contribution >= 4 is 122 Å². The van der Waals surface area contributed by atoms with Crippen molar-refractivity contribution < 1.29 is 0 Å². The Kier molecular flexibility index (Phi) is 10.5. The molecule has 0 aliphatic carbocycles. The van der Waals surface area contributed by atoms with Crippen LogP contribution in [0.15, 0.2) is 200 Å². The van der Waals surface area contributed by atoms with Crippen LogP contribution in [0.5, 0.6) is 0 Å². The second-order valence-corrected chi connectivity index (χ2v) is 22.7. The number of benzene rings is 10. The predicted molar refractivity (Wildman–Crippen MR) is 308 cm³/mol. The Hall–Kier alpha value is -7.31. The lowest BCUT2D eigenvalue weighted by Crippen LogP contribution is -2.13. The van der Waals surface area contributed by atoms with Crippen molar-refractivity contribution in [2.75, 3.05) is 9.80 Å². The van der Waals surface area contributed by atoms with Gasteiger partial charge in [-0.05, 0) is 151 Å². The monoisotopic (exact) mass is 941 g/mol. The summed E-state index contributed by atoms with van der Waals surface area (Å²) in [7, 11) is 0. The van der Waals surface area contributed by atoms with Crippen molar-refractivity contribution in [1.29, 1.82) is 0 Å². The minimum Gasteiger partial charge on any atom is -0.310 e. The number of fused-ring (bicyclic) bond motifs is 10. The standard InChI is InChI=1S/C65H55N3S2/c1-41-16-14-18-47(36-41)66(45-30-26-43(27-31-45)64(3,4)5)56-39-58-62(53-23-10-8-20-50(53)56)63-54-24-11-9-21-51(54)57(67(48-19-15-17-42(2)37-48)46-32-28-44(29-33-46)65(6,7)69)40-59(63)68(58)49-34-35-61-55(38-49)52-22-12-13-25-60(52)70-61/h8-40,69H,1-7H3. The largest absolute Gasteiger partial charge is 0.310 e. The Morgan fingerprint density at radius 1 is 0.400 bits per heavy atom. The molecule has 2 heterocycles. The molecule has 0 bridgehead atoms. The van der Waals surface area contributed by atoms with Gasteiger partial charge in [-0.2, -0.15) is 12.6 Å². The molecule has 0 fully saturated rings. The van der Waals surface area contributed by atoms with Crippen molar-refractivity contribution in [1.82, 2.24) is 4.57 Å². The molecule has 0 aliphatic heterocycles. The molecule has 0 saturated heterocycles. The summed E-state index contributed by atoms with van der Waals surface area (Å²) in [6.45, 7) is 15.5. The average molecular weight is 942 g/mol. The molecule has 12 aromatic rings.